The molecule has 0 saturated heterocycles. The molecule has 0 amide bonds. The summed E-state index contributed by atoms with van der Waals surface area (Å²) in [5.74, 6) is -0.791. The maximum atomic E-state index is 12.6. The van der Waals surface area contributed by atoms with Gasteiger partial charge < -0.3 is 18.9 Å². The van der Waals surface area contributed by atoms with Crippen LogP contribution in [0.1, 0.15) is 187 Å². The van der Waals surface area contributed by atoms with Gasteiger partial charge in [0.25, 0.3) is 0 Å². The highest BCUT2D eigenvalue weighted by atomic mass is 31.2. The van der Waals surface area contributed by atoms with E-state index in [2.05, 4.69) is 13.8 Å². The van der Waals surface area contributed by atoms with Crippen molar-refractivity contribution in [3.63, 3.8) is 0 Å². The van der Waals surface area contributed by atoms with Crippen LogP contribution in [0, 0.1) is 0 Å². The fourth-order valence-electron chi connectivity index (χ4n) is 5.66. The Morgan fingerprint density at radius 2 is 0.918 bits per heavy atom. The smallest absolute Gasteiger partial charge is 0.462 e. The number of hydrogen-bond donors (Lipinski definition) is 1. The topological polar surface area (TPSA) is 108 Å². The Labute approximate surface area is 302 Å². The third-order valence-electron chi connectivity index (χ3n) is 8.89. The molecule has 0 aliphatic heterocycles. The number of esters is 2. The molecule has 0 spiro atoms. The first kappa shape index (κ1) is 48.0. The average Bonchev–Trinajstić information content (AvgIpc) is 3.04. The molecule has 9 nitrogen and oxygen atoms in total. The summed E-state index contributed by atoms with van der Waals surface area (Å²) in [6, 6.07) is 0. The van der Waals surface area contributed by atoms with Crippen LogP contribution in [0.2, 0.25) is 0 Å². The van der Waals surface area contributed by atoms with E-state index >= 15 is 0 Å². The molecule has 1 N–H and O–H groups in total. The lowest BCUT2D eigenvalue weighted by molar-refractivity contribution is -0.870. The Bertz CT molecular complexity index is 819. The van der Waals surface area contributed by atoms with E-state index in [1.165, 1.54) is 122 Å². The maximum absolute atomic E-state index is 12.6. The van der Waals surface area contributed by atoms with Crippen molar-refractivity contribution in [2.45, 2.75) is 193 Å². The fourth-order valence-corrected chi connectivity index (χ4v) is 6.40. The molecule has 0 rings (SSSR count). The second kappa shape index (κ2) is 32.9. The Morgan fingerprint density at radius 3 is 1.31 bits per heavy atom. The van der Waals surface area contributed by atoms with E-state index in [0.29, 0.717) is 17.4 Å². The van der Waals surface area contributed by atoms with E-state index in [1.807, 2.05) is 21.1 Å². The number of ether oxygens (including phenoxy) is 2. The molecule has 0 aliphatic rings. The first-order valence-electron chi connectivity index (χ1n) is 20.3. The van der Waals surface area contributed by atoms with Crippen LogP contribution in [0.25, 0.3) is 0 Å². The largest absolute Gasteiger partial charge is 0.472 e. The third kappa shape index (κ3) is 36.6. The summed E-state index contributed by atoms with van der Waals surface area (Å²) in [6.07, 6.45) is 30.1. The lowest BCUT2D eigenvalue weighted by Gasteiger charge is -2.24. The Kier molecular flexibility index (Phi) is 32.2. The maximum Gasteiger partial charge on any atom is 0.472 e. The van der Waals surface area contributed by atoms with Gasteiger partial charge in [0.15, 0.2) is 6.10 Å². The van der Waals surface area contributed by atoms with Crippen LogP contribution in [-0.2, 0) is 32.7 Å². The number of rotatable bonds is 37. The van der Waals surface area contributed by atoms with Crippen LogP contribution in [0.5, 0.6) is 0 Å². The van der Waals surface area contributed by atoms with Crippen molar-refractivity contribution in [3.8, 4) is 0 Å². The summed E-state index contributed by atoms with van der Waals surface area (Å²) in [5, 5.41) is 0. The van der Waals surface area contributed by atoms with Crippen LogP contribution in [0.3, 0.4) is 0 Å². The standard InChI is InChI=1S/C39H78NO8P/c1-6-8-10-12-14-16-17-18-19-20-21-22-24-26-28-30-32-39(42)48-37(36-47-49(43,44)46-34-33-40(3,4)5)35-45-38(41)31-29-27-25-23-15-13-11-9-7-2/h37H,6-36H2,1-5H3/p+1. The van der Waals surface area contributed by atoms with Crippen molar-refractivity contribution in [1.29, 1.82) is 0 Å². The molecule has 49 heavy (non-hydrogen) atoms. The predicted molar refractivity (Wildman–Crippen MR) is 201 cm³/mol. The van der Waals surface area contributed by atoms with Gasteiger partial charge >= 0.3 is 19.8 Å². The lowest BCUT2D eigenvalue weighted by atomic mass is 10.0. The summed E-state index contributed by atoms with van der Waals surface area (Å²) in [5.41, 5.74) is 0. The van der Waals surface area contributed by atoms with Crippen molar-refractivity contribution in [3.05, 3.63) is 0 Å². The van der Waals surface area contributed by atoms with Gasteiger partial charge in [0.2, 0.25) is 0 Å². The van der Waals surface area contributed by atoms with E-state index in [1.54, 1.807) is 0 Å². The van der Waals surface area contributed by atoms with E-state index in [4.69, 9.17) is 18.5 Å². The van der Waals surface area contributed by atoms with E-state index in [0.717, 1.165) is 38.5 Å². The zero-order valence-electron chi connectivity index (χ0n) is 32.7. The molecule has 0 saturated carbocycles. The number of carbonyl (C=O) groups excluding carboxylic acids is 2. The summed E-state index contributed by atoms with van der Waals surface area (Å²) in [7, 11) is 1.49. The molecule has 0 aromatic heterocycles. The van der Waals surface area contributed by atoms with Gasteiger partial charge in [0, 0.05) is 12.8 Å². The van der Waals surface area contributed by atoms with Crippen LogP contribution >= 0.6 is 7.82 Å². The monoisotopic (exact) mass is 721 g/mol. The minimum Gasteiger partial charge on any atom is -0.462 e. The SMILES string of the molecule is CCCCCCCCCCCCCCCCCCC(=O)OC(COC(=O)CCCCCCCCCCC)COP(=O)(O)OCC[N+](C)(C)C. The summed E-state index contributed by atoms with van der Waals surface area (Å²) in [4.78, 5) is 35.1. The van der Waals surface area contributed by atoms with Gasteiger partial charge in [-0.3, -0.25) is 18.6 Å². The number of nitrogens with zero attached hydrogens (tertiary/aromatic N) is 1. The zero-order valence-corrected chi connectivity index (χ0v) is 33.6. The molecule has 292 valence electrons. The van der Waals surface area contributed by atoms with E-state index < -0.39 is 26.5 Å². The molecule has 0 aliphatic carbocycles. The number of phosphoric acid groups is 1. The zero-order chi connectivity index (χ0) is 36.5. The molecule has 2 atom stereocenters. The third-order valence-corrected chi connectivity index (χ3v) is 9.87. The highest BCUT2D eigenvalue weighted by Gasteiger charge is 2.27. The quantitative estimate of drug-likeness (QED) is 0.0292. The fraction of sp³-hybridized carbons (Fsp3) is 0.949. The lowest BCUT2D eigenvalue weighted by Crippen LogP contribution is -2.37. The second-order valence-corrected chi connectivity index (χ2v) is 16.5. The minimum atomic E-state index is -4.36. The molecule has 0 bridgehead atoms. The van der Waals surface area contributed by atoms with Crippen LogP contribution in [0.15, 0.2) is 0 Å². The van der Waals surface area contributed by atoms with Gasteiger partial charge in [0.1, 0.15) is 19.8 Å². The minimum absolute atomic E-state index is 0.0364. The highest BCUT2D eigenvalue weighted by Crippen LogP contribution is 2.43. The molecule has 0 radical (unpaired) electrons. The average molecular weight is 721 g/mol. The van der Waals surface area contributed by atoms with Crippen molar-refractivity contribution in [2.24, 2.45) is 0 Å². The van der Waals surface area contributed by atoms with Gasteiger partial charge in [-0.25, -0.2) is 4.57 Å². The number of unbranched alkanes of at least 4 members (excludes halogenated alkanes) is 23. The normalized spacial score (nSPS) is 13.7. The first-order chi connectivity index (χ1) is 23.5. The number of likely N-dealkylation sites (N-methyl/N-ethyl adjacent to an activating group) is 1. The summed E-state index contributed by atoms with van der Waals surface area (Å²) >= 11 is 0. The van der Waals surface area contributed by atoms with Gasteiger partial charge in [-0.15, -0.1) is 0 Å². The summed E-state index contributed by atoms with van der Waals surface area (Å²) in [6.45, 7) is 4.42. The van der Waals surface area contributed by atoms with Crippen molar-refractivity contribution < 1.29 is 42.1 Å². The van der Waals surface area contributed by atoms with E-state index in [-0.39, 0.29) is 25.6 Å². The Hall–Kier alpha value is -0.990. The summed E-state index contributed by atoms with van der Waals surface area (Å²) < 4.78 is 34.2. The van der Waals surface area contributed by atoms with Crippen molar-refractivity contribution in [2.75, 3.05) is 47.5 Å². The number of quaternary nitrogens is 1. The first-order valence-corrected chi connectivity index (χ1v) is 21.8. The van der Waals surface area contributed by atoms with Crippen LogP contribution in [0.4, 0.5) is 0 Å². The van der Waals surface area contributed by atoms with Gasteiger partial charge in [-0.2, -0.15) is 0 Å². The molecular weight excluding hydrogens is 641 g/mol. The molecule has 0 fully saturated rings. The van der Waals surface area contributed by atoms with Crippen molar-refractivity contribution >= 4 is 19.8 Å². The molecule has 0 aromatic carbocycles. The molecule has 10 heteroatoms. The second-order valence-electron chi connectivity index (χ2n) is 15.0. The predicted octanol–water partition coefficient (Wildman–Crippen LogP) is 10.9. The molecule has 2 unspecified atom stereocenters. The number of hydrogen-bond acceptors (Lipinski definition) is 7. The number of phosphoric ester groups is 1. The van der Waals surface area contributed by atoms with E-state index in [9.17, 15) is 19.0 Å². The molecule has 0 heterocycles. The number of carbonyl (C=O) groups is 2. The Balaban J connectivity index is 4.33. The van der Waals surface area contributed by atoms with Gasteiger partial charge in [-0.05, 0) is 12.8 Å². The molecular formula is C39H79NO8P+. The highest BCUT2D eigenvalue weighted by molar-refractivity contribution is 7.47. The van der Waals surface area contributed by atoms with Crippen molar-refractivity contribution in [1.82, 2.24) is 0 Å². The Morgan fingerprint density at radius 1 is 0.551 bits per heavy atom. The molecule has 0 aromatic rings. The van der Waals surface area contributed by atoms with Gasteiger partial charge in [0.05, 0.1) is 27.7 Å². The van der Waals surface area contributed by atoms with Crippen LogP contribution in [-0.4, -0.2) is 74.9 Å². The van der Waals surface area contributed by atoms with Gasteiger partial charge in [-0.1, -0.05) is 162 Å². The van der Waals surface area contributed by atoms with Crippen LogP contribution < -0.4 is 0 Å².